The summed E-state index contributed by atoms with van der Waals surface area (Å²) in [5.74, 6) is 0. The van der Waals surface area contributed by atoms with Crippen LogP contribution in [0.25, 0.3) is 0 Å². The molecule has 2 saturated heterocycles. The van der Waals surface area contributed by atoms with Crippen molar-refractivity contribution in [3.05, 3.63) is 0 Å². The average molecular weight is 212 g/mol. The molecule has 1 unspecified atom stereocenters. The Hall–Kier alpha value is -0.120. The van der Waals surface area contributed by atoms with Crippen LogP contribution in [0.1, 0.15) is 33.1 Å². The highest BCUT2D eigenvalue weighted by molar-refractivity contribution is 4.85. The molecular formula is C12H24N2O. The molecule has 0 radical (unpaired) electrons. The average Bonchev–Trinajstić information content (AvgIpc) is 2.72. The van der Waals surface area contributed by atoms with E-state index in [1.165, 1.54) is 38.9 Å². The van der Waals surface area contributed by atoms with E-state index in [2.05, 4.69) is 23.6 Å². The van der Waals surface area contributed by atoms with Crippen LogP contribution in [0.3, 0.4) is 0 Å². The van der Waals surface area contributed by atoms with Gasteiger partial charge in [-0.05, 0) is 13.3 Å². The molecule has 2 atom stereocenters. The van der Waals surface area contributed by atoms with Crippen molar-refractivity contribution >= 4 is 0 Å². The summed E-state index contributed by atoms with van der Waals surface area (Å²) in [4.78, 5) is 5.12. The Morgan fingerprint density at radius 2 is 2.27 bits per heavy atom. The normalized spacial score (nSPS) is 30.4. The molecule has 3 nitrogen and oxygen atoms in total. The van der Waals surface area contributed by atoms with Gasteiger partial charge >= 0.3 is 0 Å². The van der Waals surface area contributed by atoms with Crippen molar-refractivity contribution in [2.24, 2.45) is 0 Å². The number of nitrogens with zero attached hydrogens (tertiary/aromatic N) is 2. The molecule has 0 amide bonds. The number of hydrogen-bond donors (Lipinski definition) is 0. The van der Waals surface area contributed by atoms with Crippen LogP contribution in [0.5, 0.6) is 0 Å². The lowest BCUT2D eigenvalue weighted by atomic mass is 10.1. The second-order valence-corrected chi connectivity index (χ2v) is 4.95. The SMILES string of the molecule is CCCC[C@H](C)N1CCN2COCC2C1. The molecule has 15 heavy (non-hydrogen) atoms. The van der Waals surface area contributed by atoms with Crippen molar-refractivity contribution in [3.63, 3.8) is 0 Å². The fraction of sp³-hybridized carbons (Fsp3) is 1.00. The fourth-order valence-corrected chi connectivity index (χ4v) is 2.63. The Morgan fingerprint density at radius 1 is 1.40 bits per heavy atom. The number of piperazine rings is 1. The van der Waals surface area contributed by atoms with E-state index < -0.39 is 0 Å². The predicted molar refractivity (Wildman–Crippen MR) is 61.9 cm³/mol. The molecule has 0 aromatic heterocycles. The molecule has 0 aromatic rings. The van der Waals surface area contributed by atoms with E-state index in [-0.39, 0.29) is 0 Å². The third-order valence-corrected chi connectivity index (χ3v) is 3.80. The van der Waals surface area contributed by atoms with Crippen LogP contribution in [0, 0.1) is 0 Å². The summed E-state index contributed by atoms with van der Waals surface area (Å²) in [5.41, 5.74) is 0. The second kappa shape index (κ2) is 5.28. The van der Waals surface area contributed by atoms with Crippen molar-refractivity contribution in [1.82, 2.24) is 9.80 Å². The molecule has 2 aliphatic heterocycles. The summed E-state index contributed by atoms with van der Waals surface area (Å²) < 4.78 is 5.50. The van der Waals surface area contributed by atoms with E-state index >= 15 is 0 Å². The van der Waals surface area contributed by atoms with Crippen LogP contribution in [0.15, 0.2) is 0 Å². The molecule has 2 rings (SSSR count). The number of hydrogen-bond acceptors (Lipinski definition) is 3. The maximum absolute atomic E-state index is 5.50. The quantitative estimate of drug-likeness (QED) is 0.703. The molecule has 0 aliphatic carbocycles. The summed E-state index contributed by atoms with van der Waals surface area (Å²) in [6, 6.07) is 1.43. The van der Waals surface area contributed by atoms with E-state index in [1.807, 2.05) is 0 Å². The van der Waals surface area contributed by atoms with Crippen LogP contribution in [0.2, 0.25) is 0 Å². The maximum Gasteiger partial charge on any atom is 0.0995 e. The van der Waals surface area contributed by atoms with Gasteiger partial charge in [0.1, 0.15) is 0 Å². The number of ether oxygens (including phenoxy) is 1. The summed E-state index contributed by atoms with van der Waals surface area (Å²) in [6.07, 6.45) is 4.03. The molecule has 3 heteroatoms. The van der Waals surface area contributed by atoms with Gasteiger partial charge in [-0.3, -0.25) is 9.80 Å². The maximum atomic E-state index is 5.50. The first-order chi connectivity index (χ1) is 7.31. The Morgan fingerprint density at radius 3 is 3.07 bits per heavy atom. The third kappa shape index (κ3) is 2.71. The lowest BCUT2D eigenvalue weighted by molar-refractivity contribution is 0.0679. The van der Waals surface area contributed by atoms with Gasteiger partial charge in [0.15, 0.2) is 0 Å². The van der Waals surface area contributed by atoms with Gasteiger partial charge < -0.3 is 4.74 Å². The van der Waals surface area contributed by atoms with Crippen molar-refractivity contribution in [3.8, 4) is 0 Å². The molecule has 0 saturated carbocycles. The van der Waals surface area contributed by atoms with Gasteiger partial charge in [-0.25, -0.2) is 0 Å². The van der Waals surface area contributed by atoms with Crippen molar-refractivity contribution < 1.29 is 4.74 Å². The lowest BCUT2D eigenvalue weighted by Crippen LogP contribution is -2.53. The zero-order chi connectivity index (χ0) is 10.7. The van der Waals surface area contributed by atoms with E-state index in [0.717, 1.165) is 19.4 Å². The molecule has 0 bridgehead atoms. The van der Waals surface area contributed by atoms with Crippen molar-refractivity contribution in [1.29, 1.82) is 0 Å². The zero-order valence-electron chi connectivity index (χ0n) is 10.1. The van der Waals surface area contributed by atoms with Crippen LogP contribution < -0.4 is 0 Å². The molecule has 2 fully saturated rings. The standard InChI is InChI=1S/C12H24N2O/c1-3-4-5-11(2)13-6-7-14-10-15-9-12(14)8-13/h11-12H,3-10H2,1-2H3/t11-,12?/m0/s1. The first-order valence-electron chi connectivity index (χ1n) is 6.37. The van der Waals surface area contributed by atoms with E-state index in [4.69, 9.17) is 4.74 Å². The number of rotatable bonds is 4. The Bertz CT molecular complexity index is 198. The highest BCUT2D eigenvalue weighted by atomic mass is 16.5. The minimum Gasteiger partial charge on any atom is -0.364 e. The summed E-state index contributed by atoms with van der Waals surface area (Å²) in [7, 11) is 0. The van der Waals surface area contributed by atoms with E-state index in [0.29, 0.717) is 6.04 Å². The molecular weight excluding hydrogens is 188 g/mol. The molecule has 0 N–H and O–H groups in total. The van der Waals surface area contributed by atoms with Gasteiger partial charge in [0.2, 0.25) is 0 Å². The predicted octanol–water partition coefficient (Wildman–Crippen LogP) is 1.54. The minimum absolute atomic E-state index is 0.669. The molecule has 2 heterocycles. The van der Waals surface area contributed by atoms with Crippen molar-refractivity contribution in [2.75, 3.05) is 33.0 Å². The Labute approximate surface area is 93.4 Å². The Balaban J connectivity index is 1.78. The van der Waals surface area contributed by atoms with Gasteiger partial charge in [0.25, 0.3) is 0 Å². The molecule has 0 spiro atoms. The van der Waals surface area contributed by atoms with Gasteiger partial charge in [-0.15, -0.1) is 0 Å². The fourth-order valence-electron chi connectivity index (χ4n) is 2.63. The highest BCUT2D eigenvalue weighted by Crippen LogP contribution is 2.19. The monoisotopic (exact) mass is 212 g/mol. The lowest BCUT2D eigenvalue weighted by Gasteiger charge is -2.39. The van der Waals surface area contributed by atoms with Crippen molar-refractivity contribution in [2.45, 2.75) is 45.2 Å². The minimum atomic E-state index is 0.669. The van der Waals surface area contributed by atoms with Crippen LogP contribution >= 0.6 is 0 Å². The zero-order valence-corrected chi connectivity index (χ0v) is 10.1. The topological polar surface area (TPSA) is 15.7 Å². The molecule has 0 aromatic carbocycles. The molecule has 2 aliphatic rings. The first-order valence-corrected chi connectivity index (χ1v) is 6.37. The third-order valence-electron chi connectivity index (χ3n) is 3.80. The van der Waals surface area contributed by atoms with Crippen LogP contribution in [0.4, 0.5) is 0 Å². The van der Waals surface area contributed by atoms with E-state index in [9.17, 15) is 0 Å². The largest absolute Gasteiger partial charge is 0.364 e. The summed E-state index contributed by atoms with van der Waals surface area (Å²) in [5, 5.41) is 0. The van der Waals surface area contributed by atoms with E-state index in [1.54, 1.807) is 0 Å². The van der Waals surface area contributed by atoms with Crippen LogP contribution in [-0.4, -0.2) is 54.9 Å². The van der Waals surface area contributed by atoms with Gasteiger partial charge in [0.05, 0.1) is 13.3 Å². The van der Waals surface area contributed by atoms with Gasteiger partial charge in [0, 0.05) is 31.7 Å². The smallest absolute Gasteiger partial charge is 0.0995 e. The highest BCUT2D eigenvalue weighted by Gasteiger charge is 2.32. The summed E-state index contributed by atoms with van der Waals surface area (Å²) >= 11 is 0. The molecule has 88 valence electrons. The number of fused-ring (bicyclic) bond motifs is 1. The first kappa shape index (κ1) is 11.4. The van der Waals surface area contributed by atoms with Crippen LogP contribution in [-0.2, 0) is 4.74 Å². The second-order valence-electron chi connectivity index (χ2n) is 4.95. The van der Waals surface area contributed by atoms with Gasteiger partial charge in [-0.1, -0.05) is 19.8 Å². The number of unbranched alkanes of at least 4 members (excludes halogenated alkanes) is 1. The van der Waals surface area contributed by atoms with Gasteiger partial charge in [-0.2, -0.15) is 0 Å². The summed E-state index contributed by atoms with van der Waals surface area (Å²) in [6.45, 7) is 10.1. The Kier molecular flexibility index (Phi) is 4.00.